The summed E-state index contributed by atoms with van der Waals surface area (Å²) in [4.78, 5) is 11.3. The number of carbonyl (C=O) groups is 1. The molecule has 14 heavy (non-hydrogen) atoms. The van der Waals surface area contributed by atoms with E-state index in [2.05, 4.69) is 10.1 Å². The van der Waals surface area contributed by atoms with E-state index in [4.69, 9.17) is 0 Å². The first-order chi connectivity index (χ1) is 6.45. The van der Waals surface area contributed by atoms with E-state index in [1.807, 2.05) is 0 Å². The van der Waals surface area contributed by atoms with Gasteiger partial charge in [0.1, 0.15) is 5.67 Å². The fraction of sp³-hybridized carbons (Fsp3) is 0.900. The van der Waals surface area contributed by atoms with E-state index >= 15 is 0 Å². The van der Waals surface area contributed by atoms with E-state index in [1.165, 1.54) is 7.11 Å². The maximum Gasteiger partial charge on any atom is 0.309 e. The van der Waals surface area contributed by atoms with Crippen LogP contribution in [0.4, 0.5) is 4.39 Å². The molecule has 0 aromatic rings. The first kappa shape index (κ1) is 11.4. The second-order valence-electron chi connectivity index (χ2n) is 4.38. The van der Waals surface area contributed by atoms with Crippen LogP contribution < -0.4 is 5.32 Å². The zero-order chi connectivity index (χ0) is 10.8. The number of carbonyl (C=O) groups excluding carboxylic acids is 1. The highest BCUT2D eigenvalue weighted by molar-refractivity contribution is 5.72. The Hall–Kier alpha value is -0.640. The van der Waals surface area contributed by atoms with Crippen molar-refractivity contribution in [3.05, 3.63) is 0 Å². The Morgan fingerprint density at radius 3 is 2.64 bits per heavy atom. The largest absolute Gasteiger partial charge is 0.469 e. The zero-order valence-electron chi connectivity index (χ0n) is 8.97. The predicted molar refractivity (Wildman–Crippen MR) is 51.7 cm³/mol. The van der Waals surface area contributed by atoms with E-state index in [9.17, 15) is 9.18 Å². The van der Waals surface area contributed by atoms with E-state index in [1.54, 1.807) is 13.8 Å². The number of hydrogen-bond donors (Lipinski definition) is 1. The summed E-state index contributed by atoms with van der Waals surface area (Å²) in [6.07, 6.45) is 0.573. The minimum Gasteiger partial charge on any atom is -0.469 e. The van der Waals surface area contributed by atoms with Crippen molar-refractivity contribution in [2.75, 3.05) is 20.2 Å². The Morgan fingerprint density at radius 1 is 1.50 bits per heavy atom. The maximum absolute atomic E-state index is 13.6. The third-order valence-electron chi connectivity index (χ3n) is 2.86. The van der Waals surface area contributed by atoms with Gasteiger partial charge in [0.25, 0.3) is 0 Å². The number of nitrogens with one attached hydrogen (secondary N) is 1. The van der Waals surface area contributed by atoms with Gasteiger partial charge in [-0.3, -0.25) is 4.79 Å². The minimum absolute atomic E-state index is 0.111. The molecule has 0 spiro atoms. The van der Waals surface area contributed by atoms with Crippen molar-refractivity contribution in [1.29, 1.82) is 0 Å². The second kappa shape index (κ2) is 4.26. The van der Waals surface area contributed by atoms with Crippen LogP contribution in [0.25, 0.3) is 0 Å². The highest BCUT2D eigenvalue weighted by Gasteiger charge is 2.36. The summed E-state index contributed by atoms with van der Waals surface area (Å²) < 4.78 is 18.3. The summed E-state index contributed by atoms with van der Waals surface area (Å²) in [5.41, 5.74) is -1.24. The highest BCUT2D eigenvalue weighted by atomic mass is 19.1. The number of rotatable bonds is 2. The molecule has 0 aliphatic carbocycles. The molecule has 1 aliphatic heterocycles. The van der Waals surface area contributed by atoms with Crippen LogP contribution in [-0.2, 0) is 9.53 Å². The van der Waals surface area contributed by atoms with Crippen molar-refractivity contribution in [1.82, 2.24) is 5.32 Å². The molecule has 1 aliphatic rings. The van der Waals surface area contributed by atoms with Crippen molar-refractivity contribution in [2.45, 2.75) is 25.9 Å². The molecule has 2 atom stereocenters. The summed E-state index contributed by atoms with van der Waals surface area (Å²) >= 11 is 0. The van der Waals surface area contributed by atoms with Gasteiger partial charge in [0.2, 0.25) is 0 Å². The summed E-state index contributed by atoms with van der Waals surface area (Å²) in [7, 11) is 1.37. The molecular formula is C10H18FNO2. The smallest absolute Gasteiger partial charge is 0.309 e. The molecule has 1 fully saturated rings. The molecule has 3 nitrogen and oxygen atoms in total. The summed E-state index contributed by atoms with van der Waals surface area (Å²) in [6, 6.07) is 0. The molecule has 0 saturated carbocycles. The number of alkyl halides is 1. The van der Waals surface area contributed by atoms with Gasteiger partial charge >= 0.3 is 5.97 Å². The van der Waals surface area contributed by atoms with Gasteiger partial charge in [0.15, 0.2) is 0 Å². The summed E-state index contributed by atoms with van der Waals surface area (Å²) in [5, 5.41) is 3.07. The third-order valence-corrected chi connectivity index (χ3v) is 2.86. The zero-order valence-corrected chi connectivity index (χ0v) is 8.97. The molecule has 1 saturated heterocycles. The lowest BCUT2D eigenvalue weighted by atomic mass is 9.81. The van der Waals surface area contributed by atoms with Crippen molar-refractivity contribution in [3.8, 4) is 0 Å². The van der Waals surface area contributed by atoms with Crippen LogP contribution in [0.3, 0.4) is 0 Å². The highest BCUT2D eigenvalue weighted by Crippen LogP contribution is 2.29. The summed E-state index contributed by atoms with van der Waals surface area (Å²) in [5.74, 6) is -0.555. The van der Waals surface area contributed by atoms with Crippen molar-refractivity contribution in [3.63, 3.8) is 0 Å². The average Bonchev–Trinajstić information content (AvgIpc) is 2.15. The first-order valence-electron chi connectivity index (χ1n) is 4.92. The minimum atomic E-state index is -1.24. The SMILES string of the molecule is COC(=O)C1CNCC(C(C)(C)F)C1. The van der Waals surface area contributed by atoms with Crippen LogP contribution >= 0.6 is 0 Å². The Morgan fingerprint density at radius 2 is 2.14 bits per heavy atom. The number of hydrogen-bond acceptors (Lipinski definition) is 3. The van der Waals surface area contributed by atoms with Crippen LogP contribution in [0.15, 0.2) is 0 Å². The monoisotopic (exact) mass is 203 g/mol. The molecule has 2 unspecified atom stereocenters. The van der Waals surface area contributed by atoms with Gasteiger partial charge in [0.05, 0.1) is 13.0 Å². The number of esters is 1. The lowest BCUT2D eigenvalue weighted by Gasteiger charge is -2.34. The van der Waals surface area contributed by atoms with Gasteiger partial charge < -0.3 is 10.1 Å². The van der Waals surface area contributed by atoms with Crippen molar-refractivity contribution in [2.24, 2.45) is 11.8 Å². The fourth-order valence-corrected chi connectivity index (χ4v) is 1.81. The van der Waals surface area contributed by atoms with Crippen molar-refractivity contribution >= 4 is 5.97 Å². The second-order valence-corrected chi connectivity index (χ2v) is 4.38. The Balaban J connectivity index is 2.56. The molecule has 0 aromatic heterocycles. The molecular weight excluding hydrogens is 185 g/mol. The van der Waals surface area contributed by atoms with E-state index in [0.29, 0.717) is 19.5 Å². The lowest BCUT2D eigenvalue weighted by molar-refractivity contribution is -0.147. The summed E-state index contributed by atoms with van der Waals surface area (Å²) in [6.45, 7) is 4.34. The molecule has 1 heterocycles. The topological polar surface area (TPSA) is 38.3 Å². The maximum atomic E-state index is 13.6. The molecule has 82 valence electrons. The van der Waals surface area contributed by atoms with Gasteiger partial charge in [-0.1, -0.05) is 0 Å². The first-order valence-corrected chi connectivity index (χ1v) is 4.92. The van der Waals surface area contributed by atoms with Crippen LogP contribution in [-0.4, -0.2) is 31.8 Å². The molecule has 0 aromatic carbocycles. The molecule has 0 radical (unpaired) electrons. The molecule has 0 bridgehead atoms. The van der Waals surface area contributed by atoms with Crippen molar-refractivity contribution < 1.29 is 13.9 Å². The van der Waals surface area contributed by atoms with Crippen LogP contribution in [0, 0.1) is 11.8 Å². The van der Waals surface area contributed by atoms with Gasteiger partial charge in [-0.15, -0.1) is 0 Å². The van der Waals surface area contributed by atoms with Crippen LogP contribution in [0.2, 0.25) is 0 Å². The van der Waals surface area contributed by atoms with Gasteiger partial charge in [-0.05, 0) is 20.3 Å². The average molecular weight is 203 g/mol. The van der Waals surface area contributed by atoms with Gasteiger partial charge in [0, 0.05) is 19.0 Å². The quantitative estimate of drug-likeness (QED) is 0.684. The standard InChI is InChI=1S/C10H18FNO2/c1-10(2,11)8-4-7(5-12-6-8)9(13)14-3/h7-8,12H,4-6H2,1-3H3. The Kier molecular flexibility index (Phi) is 3.48. The van der Waals surface area contributed by atoms with Crippen LogP contribution in [0.5, 0.6) is 0 Å². The van der Waals surface area contributed by atoms with E-state index in [-0.39, 0.29) is 17.8 Å². The lowest BCUT2D eigenvalue weighted by Crippen LogP contribution is -2.46. The molecule has 1 rings (SSSR count). The number of ether oxygens (including phenoxy) is 1. The van der Waals surface area contributed by atoms with Gasteiger partial charge in [-0.2, -0.15) is 0 Å². The number of methoxy groups -OCH3 is 1. The Bertz CT molecular complexity index is 213. The normalized spacial score (nSPS) is 28.6. The molecule has 0 amide bonds. The molecule has 4 heteroatoms. The van der Waals surface area contributed by atoms with Gasteiger partial charge in [-0.25, -0.2) is 4.39 Å². The molecule has 1 N–H and O–H groups in total. The van der Waals surface area contributed by atoms with E-state index in [0.717, 1.165) is 0 Å². The van der Waals surface area contributed by atoms with Crippen LogP contribution in [0.1, 0.15) is 20.3 Å². The number of halogens is 1. The third kappa shape index (κ3) is 2.67. The fourth-order valence-electron chi connectivity index (χ4n) is 1.81. The number of piperidine rings is 1. The van der Waals surface area contributed by atoms with E-state index < -0.39 is 5.67 Å². The Labute approximate surface area is 84.0 Å². The predicted octanol–water partition coefficient (Wildman–Crippen LogP) is 1.13.